The van der Waals surface area contributed by atoms with E-state index >= 15 is 0 Å². The Morgan fingerprint density at radius 2 is 1.92 bits per heavy atom. The van der Waals surface area contributed by atoms with Gasteiger partial charge in [0.1, 0.15) is 11.4 Å². The van der Waals surface area contributed by atoms with Gasteiger partial charge in [-0.2, -0.15) is 5.10 Å². The third kappa shape index (κ3) is 2.94. The largest absolute Gasteiger partial charge is 0.382 e. The van der Waals surface area contributed by atoms with Gasteiger partial charge in [0.15, 0.2) is 5.82 Å². The predicted molar refractivity (Wildman–Crippen MR) is 96.9 cm³/mol. The SMILES string of the molecule is Cc1ccc2cnc(N)c(N=Nc3ccc(-c4cn[nH]c4)nc3)c2c1. The van der Waals surface area contributed by atoms with Crippen LogP contribution in [0.15, 0.2) is 65.3 Å². The molecule has 7 heteroatoms. The smallest absolute Gasteiger partial charge is 0.151 e. The topological polar surface area (TPSA) is 105 Å². The van der Waals surface area contributed by atoms with Crippen molar-refractivity contribution in [3.63, 3.8) is 0 Å². The third-order valence-electron chi connectivity index (χ3n) is 3.86. The predicted octanol–water partition coefficient (Wildman–Crippen LogP) is 4.33. The molecule has 1 aromatic carbocycles. The molecule has 0 aliphatic rings. The first kappa shape index (κ1) is 14.9. The zero-order valence-corrected chi connectivity index (χ0v) is 13.5. The molecule has 4 rings (SSSR count). The van der Waals surface area contributed by atoms with E-state index in [9.17, 15) is 0 Å². The average Bonchev–Trinajstić information content (AvgIpc) is 3.16. The summed E-state index contributed by atoms with van der Waals surface area (Å²) in [6.07, 6.45) is 6.90. The second kappa shape index (κ2) is 6.12. The van der Waals surface area contributed by atoms with Gasteiger partial charge in [-0.05, 0) is 25.1 Å². The normalized spacial score (nSPS) is 11.4. The van der Waals surface area contributed by atoms with E-state index in [1.165, 1.54) is 0 Å². The molecule has 25 heavy (non-hydrogen) atoms. The van der Waals surface area contributed by atoms with Gasteiger partial charge in [0.2, 0.25) is 0 Å². The summed E-state index contributed by atoms with van der Waals surface area (Å²) in [5.74, 6) is 0.352. The number of benzene rings is 1. The van der Waals surface area contributed by atoms with Crippen molar-refractivity contribution >= 4 is 28.0 Å². The number of hydrogen-bond donors (Lipinski definition) is 2. The number of pyridine rings is 2. The monoisotopic (exact) mass is 329 g/mol. The van der Waals surface area contributed by atoms with E-state index in [0.29, 0.717) is 17.2 Å². The van der Waals surface area contributed by atoms with E-state index in [1.807, 2.05) is 37.3 Å². The quantitative estimate of drug-likeness (QED) is 0.546. The van der Waals surface area contributed by atoms with Crippen molar-refractivity contribution in [2.75, 3.05) is 5.73 Å². The molecular weight excluding hydrogens is 314 g/mol. The van der Waals surface area contributed by atoms with Crippen molar-refractivity contribution in [1.82, 2.24) is 20.2 Å². The van der Waals surface area contributed by atoms with E-state index in [4.69, 9.17) is 5.73 Å². The molecule has 0 atom stereocenters. The van der Waals surface area contributed by atoms with Crippen LogP contribution in [0.2, 0.25) is 0 Å². The van der Waals surface area contributed by atoms with Crippen LogP contribution in [0.25, 0.3) is 22.0 Å². The Balaban J connectivity index is 1.69. The fraction of sp³-hybridized carbons (Fsp3) is 0.0556. The van der Waals surface area contributed by atoms with Gasteiger partial charge < -0.3 is 5.73 Å². The number of nitrogens with one attached hydrogen (secondary N) is 1. The molecule has 0 radical (unpaired) electrons. The number of H-pyrrole nitrogens is 1. The summed E-state index contributed by atoms with van der Waals surface area (Å²) in [4.78, 5) is 8.57. The van der Waals surface area contributed by atoms with E-state index in [2.05, 4.69) is 30.4 Å². The lowest BCUT2D eigenvalue weighted by molar-refractivity contribution is 1.09. The molecule has 3 N–H and O–H groups in total. The molecule has 0 spiro atoms. The molecule has 0 fully saturated rings. The minimum Gasteiger partial charge on any atom is -0.382 e. The first-order chi connectivity index (χ1) is 12.2. The van der Waals surface area contributed by atoms with Crippen molar-refractivity contribution in [3.05, 3.63) is 60.7 Å². The number of aryl methyl sites for hydroxylation is 1. The first-order valence-corrected chi connectivity index (χ1v) is 7.72. The first-order valence-electron chi connectivity index (χ1n) is 7.72. The molecule has 7 nitrogen and oxygen atoms in total. The summed E-state index contributed by atoms with van der Waals surface area (Å²) >= 11 is 0. The number of nitrogens with two attached hydrogens (primary N) is 1. The van der Waals surface area contributed by atoms with Gasteiger partial charge in [-0.3, -0.25) is 10.1 Å². The third-order valence-corrected chi connectivity index (χ3v) is 3.86. The summed E-state index contributed by atoms with van der Waals surface area (Å²) in [5, 5.41) is 17.2. The van der Waals surface area contributed by atoms with Gasteiger partial charge in [0.25, 0.3) is 0 Å². The van der Waals surface area contributed by atoms with Gasteiger partial charge >= 0.3 is 0 Å². The molecule has 0 saturated heterocycles. The zero-order valence-electron chi connectivity index (χ0n) is 13.5. The Morgan fingerprint density at radius 3 is 2.68 bits per heavy atom. The Hall–Kier alpha value is -3.61. The summed E-state index contributed by atoms with van der Waals surface area (Å²) in [5.41, 5.74) is 10.1. The minimum absolute atomic E-state index is 0.352. The number of rotatable bonds is 3. The average molecular weight is 329 g/mol. The fourth-order valence-electron chi connectivity index (χ4n) is 2.55. The molecule has 0 unspecified atom stereocenters. The lowest BCUT2D eigenvalue weighted by Gasteiger charge is -2.05. The molecule has 122 valence electrons. The number of aromatic amines is 1. The maximum Gasteiger partial charge on any atom is 0.151 e. The maximum atomic E-state index is 6.00. The highest BCUT2D eigenvalue weighted by Crippen LogP contribution is 2.32. The van der Waals surface area contributed by atoms with Gasteiger partial charge in [-0.15, -0.1) is 10.2 Å². The summed E-state index contributed by atoms with van der Waals surface area (Å²) in [6.45, 7) is 2.02. The molecule has 0 bridgehead atoms. The van der Waals surface area contributed by atoms with Gasteiger partial charge in [-0.25, -0.2) is 4.98 Å². The van der Waals surface area contributed by atoms with Crippen LogP contribution in [-0.2, 0) is 0 Å². The molecule has 0 aliphatic carbocycles. The van der Waals surface area contributed by atoms with Gasteiger partial charge in [-0.1, -0.05) is 17.7 Å². The zero-order chi connectivity index (χ0) is 17.2. The van der Waals surface area contributed by atoms with E-state index < -0.39 is 0 Å². The number of azo groups is 1. The number of nitrogen functional groups attached to an aromatic ring is 1. The number of nitrogens with zero attached hydrogens (tertiary/aromatic N) is 5. The molecule has 0 saturated carbocycles. The van der Waals surface area contributed by atoms with Crippen LogP contribution in [0.3, 0.4) is 0 Å². The van der Waals surface area contributed by atoms with Crippen LogP contribution in [0, 0.1) is 6.92 Å². The van der Waals surface area contributed by atoms with Crippen LogP contribution in [-0.4, -0.2) is 20.2 Å². The molecule has 0 amide bonds. The summed E-state index contributed by atoms with van der Waals surface area (Å²) in [6, 6.07) is 9.77. The number of fused-ring (bicyclic) bond motifs is 1. The van der Waals surface area contributed by atoms with Crippen LogP contribution in [0.4, 0.5) is 17.2 Å². The van der Waals surface area contributed by atoms with Crippen LogP contribution >= 0.6 is 0 Å². The Kier molecular flexibility index (Phi) is 3.66. The van der Waals surface area contributed by atoms with Crippen molar-refractivity contribution in [2.45, 2.75) is 6.92 Å². The molecule has 3 aromatic heterocycles. The number of hydrogen-bond acceptors (Lipinski definition) is 6. The van der Waals surface area contributed by atoms with Crippen molar-refractivity contribution in [1.29, 1.82) is 0 Å². The van der Waals surface area contributed by atoms with Gasteiger partial charge in [0, 0.05) is 28.7 Å². The second-order valence-electron chi connectivity index (χ2n) is 5.67. The number of aromatic nitrogens is 4. The minimum atomic E-state index is 0.352. The Bertz CT molecular complexity index is 1050. The Morgan fingerprint density at radius 1 is 1.00 bits per heavy atom. The van der Waals surface area contributed by atoms with Crippen molar-refractivity contribution in [2.24, 2.45) is 10.2 Å². The lowest BCUT2D eigenvalue weighted by atomic mass is 10.1. The highest BCUT2D eigenvalue weighted by atomic mass is 15.1. The number of anilines is 1. The van der Waals surface area contributed by atoms with Crippen LogP contribution < -0.4 is 5.73 Å². The molecule has 4 aromatic rings. The maximum absolute atomic E-state index is 6.00. The van der Waals surface area contributed by atoms with E-state index in [1.54, 1.807) is 24.8 Å². The van der Waals surface area contributed by atoms with Crippen LogP contribution in [0.1, 0.15) is 5.56 Å². The Labute approximate surface area is 143 Å². The summed E-state index contributed by atoms with van der Waals surface area (Å²) in [7, 11) is 0. The van der Waals surface area contributed by atoms with Gasteiger partial charge in [0.05, 0.1) is 18.1 Å². The highest BCUT2D eigenvalue weighted by molar-refractivity contribution is 5.96. The van der Waals surface area contributed by atoms with Crippen molar-refractivity contribution < 1.29 is 0 Å². The summed E-state index contributed by atoms with van der Waals surface area (Å²) < 4.78 is 0. The second-order valence-corrected chi connectivity index (χ2v) is 5.67. The van der Waals surface area contributed by atoms with Crippen molar-refractivity contribution in [3.8, 4) is 11.3 Å². The fourth-order valence-corrected chi connectivity index (χ4v) is 2.55. The standard InChI is InChI=1S/C18H15N7/c1-11-2-3-12-7-21-18(19)17(15(12)6-11)25-24-14-4-5-16(20-10-14)13-8-22-23-9-13/h2-10H,1H3,(H2,19,21)(H,22,23). The van der Waals surface area contributed by atoms with E-state index in [0.717, 1.165) is 27.6 Å². The molecule has 0 aliphatic heterocycles. The van der Waals surface area contributed by atoms with Crippen LogP contribution in [0.5, 0.6) is 0 Å². The van der Waals surface area contributed by atoms with E-state index in [-0.39, 0.29) is 0 Å². The lowest BCUT2D eigenvalue weighted by Crippen LogP contribution is -1.91. The molecule has 3 heterocycles. The molecular formula is C18H15N7. The highest BCUT2D eigenvalue weighted by Gasteiger charge is 2.07.